The fourth-order valence-electron chi connectivity index (χ4n) is 2.43. The van der Waals surface area contributed by atoms with Crippen LogP contribution >= 0.6 is 23.2 Å². The molecule has 8 heteroatoms. The van der Waals surface area contributed by atoms with Gasteiger partial charge in [0.2, 0.25) is 0 Å². The summed E-state index contributed by atoms with van der Waals surface area (Å²) in [5.41, 5.74) is 2.08. The maximum atomic E-state index is 12.4. The van der Waals surface area contributed by atoms with Gasteiger partial charge in [0, 0.05) is 11.4 Å². The molecule has 0 saturated carbocycles. The molecule has 28 heavy (non-hydrogen) atoms. The van der Waals surface area contributed by atoms with Gasteiger partial charge in [0.25, 0.3) is 15.9 Å². The molecule has 5 nitrogen and oxygen atoms in total. The first-order chi connectivity index (χ1) is 13.3. The summed E-state index contributed by atoms with van der Waals surface area (Å²) in [5.74, 6) is -0.416. The van der Waals surface area contributed by atoms with Gasteiger partial charge in [-0.25, -0.2) is 8.42 Å². The summed E-state index contributed by atoms with van der Waals surface area (Å²) >= 11 is 12.0. The molecular weight excluding hydrogens is 419 g/mol. The molecule has 0 saturated heterocycles. The van der Waals surface area contributed by atoms with Crippen molar-refractivity contribution in [1.29, 1.82) is 0 Å². The van der Waals surface area contributed by atoms with E-state index in [2.05, 4.69) is 10.0 Å². The Bertz CT molecular complexity index is 1110. The smallest absolute Gasteiger partial charge is 0.261 e. The molecule has 3 aromatic rings. The number of amides is 1. The predicted octanol–water partition coefficient (Wildman–Crippen LogP) is 5.35. The number of hydrogen-bond donors (Lipinski definition) is 2. The van der Waals surface area contributed by atoms with Crippen LogP contribution in [0.4, 0.5) is 11.4 Å². The zero-order valence-corrected chi connectivity index (χ0v) is 17.1. The van der Waals surface area contributed by atoms with Crippen LogP contribution in [0.1, 0.15) is 15.9 Å². The molecule has 3 rings (SSSR count). The van der Waals surface area contributed by atoms with E-state index in [4.69, 9.17) is 23.2 Å². The average Bonchev–Trinajstić information content (AvgIpc) is 2.65. The van der Waals surface area contributed by atoms with Gasteiger partial charge in [-0.1, -0.05) is 47.0 Å². The Morgan fingerprint density at radius 1 is 0.857 bits per heavy atom. The van der Waals surface area contributed by atoms with Crippen LogP contribution < -0.4 is 10.0 Å². The molecule has 0 aromatic heterocycles. The lowest BCUT2D eigenvalue weighted by Crippen LogP contribution is -2.14. The van der Waals surface area contributed by atoms with E-state index in [1.165, 1.54) is 0 Å². The maximum absolute atomic E-state index is 12.4. The van der Waals surface area contributed by atoms with Crippen molar-refractivity contribution in [2.75, 3.05) is 10.0 Å². The molecule has 0 unspecified atom stereocenters. The zero-order valence-electron chi connectivity index (χ0n) is 14.7. The lowest BCUT2D eigenvalue weighted by molar-refractivity contribution is 0.102. The molecule has 144 valence electrons. The zero-order chi connectivity index (χ0) is 20.3. The van der Waals surface area contributed by atoms with Gasteiger partial charge in [0.05, 0.1) is 20.5 Å². The van der Waals surface area contributed by atoms with Crippen molar-refractivity contribution < 1.29 is 13.2 Å². The molecule has 0 aliphatic rings. The van der Waals surface area contributed by atoms with E-state index in [9.17, 15) is 13.2 Å². The van der Waals surface area contributed by atoms with Crippen molar-refractivity contribution in [2.24, 2.45) is 0 Å². The standard InChI is InChI=1S/C20H16Cl2N2O3S/c1-13-5-11-16(12-6-13)28(26,27)24-15-9-7-14(8-10-15)23-20(25)17-3-2-4-18(21)19(17)22/h2-12,24H,1H3,(H,23,25). The van der Waals surface area contributed by atoms with E-state index < -0.39 is 15.9 Å². The minimum atomic E-state index is -3.69. The number of halogens is 2. The molecule has 3 aromatic carbocycles. The second-order valence-corrected chi connectivity index (χ2v) is 8.52. The number of hydrogen-bond acceptors (Lipinski definition) is 3. The number of sulfonamides is 1. The first-order valence-electron chi connectivity index (χ1n) is 8.21. The number of nitrogens with one attached hydrogen (secondary N) is 2. The second kappa shape index (κ2) is 8.22. The highest BCUT2D eigenvalue weighted by Crippen LogP contribution is 2.26. The first-order valence-corrected chi connectivity index (χ1v) is 10.4. The SMILES string of the molecule is Cc1ccc(S(=O)(=O)Nc2ccc(NC(=O)c3cccc(Cl)c3Cl)cc2)cc1. The van der Waals surface area contributed by atoms with Crippen LogP contribution in [-0.4, -0.2) is 14.3 Å². The van der Waals surface area contributed by atoms with E-state index in [1.807, 2.05) is 6.92 Å². The van der Waals surface area contributed by atoms with Crippen molar-refractivity contribution in [3.8, 4) is 0 Å². The third kappa shape index (κ3) is 4.65. The first kappa shape index (κ1) is 20.2. The molecule has 0 spiro atoms. The fraction of sp³-hybridized carbons (Fsp3) is 0.0500. The molecule has 0 bridgehead atoms. The van der Waals surface area contributed by atoms with Crippen LogP contribution in [0.25, 0.3) is 0 Å². The highest BCUT2D eigenvalue weighted by molar-refractivity contribution is 7.92. The molecule has 0 atom stereocenters. The predicted molar refractivity (Wildman–Crippen MR) is 113 cm³/mol. The van der Waals surface area contributed by atoms with Crippen LogP contribution in [0.5, 0.6) is 0 Å². The number of carbonyl (C=O) groups is 1. The third-order valence-corrected chi connectivity index (χ3v) is 6.14. The molecule has 0 aliphatic carbocycles. The minimum Gasteiger partial charge on any atom is -0.322 e. The minimum absolute atomic E-state index is 0.171. The van der Waals surface area contributed by atoms with Gasteiger partial charge in [0.15, 0.2) is 0 Å². The summed E-state index contributed by atoms with van der Waals surface area (Å²) in [6.07, 6.45) is 0. The van der Waals surface area contributed by atoms with Gasteiger partial charge in [-0.15, -0.1) is 0 Å². The molecule has 0 heterocycles. The Morgan fingerprint density at radius 2 is 1.46 bits per heavy atom. The molecular formula is C20H16Cl2N2O3S. The summed E-state index contributed by atoms with van der Waals surface area (Å²) in [5, 5.41) is 3.15. The van der Waals surface area contributed by atoms with Crippen LogP contribution in [0, 0.1) is 6.92 Å². The third-order valence-electron chi connectivity index (χ3n) is 3.92. The van der Waals surface area contributed by atoms with Crippen LogP contribution in [-0.2, 0) is 10.0 Å². The topological polar surface area (TPSA) is 75.3 Å². The monoisotopic (exact) mass is 434 g/mol. The van der Waals surface area contributed by atoms with E-state index in [0.717, 1.165) is 5.56 Å². The molecule has 0 aliphatic heterocycles. The Labute approximate surface area is 173 Å². The van der Waals surface area contributed by atoms with Gasteiger partial charge in [-0.3, -0.25) is 9.52 Å². The number of anilines is 2. The van der Waals surface area contributed by atoms with E-state index in [1.54, 1.807) is 66.7 Å². The Kier molecular flexibility index (Phi) is 5.93. The van der Waals surface area contributed by atoms with Crippen molar-refractivity contribution in [3.63, 3.8) is 0 Å². The highest BCUT2D eigenvalue weighted by Gasteiger charge is 2.15. The summed E-state index contributed by atoms with van der Waals surface area (Å²) < 4.78 is 27.3. The van der Waals surface area contributed by atoms with Crippen molar-refractivity contribution in [3.05, 3.63) is 87.9 Å². The Morgan fingerprint density at radius 3 is 2.11 bits per heavy atom. The lowest BCUT2D eigenvalue weighted by Gasteiger charge is -2.10. The normalized spacial score (nSPS) is 11.1. The van der Waals surface area contributed by atoms with Gasteiger partial charge in [0.1, 0.15) is 0 Å². The summed E-state index contributed by atoms with van der Waals surface area (Å²) in [4.78, 5) is 12.5. The maximum Gasteiger partial charge on any atom is 0.261 e. The molecule has 1 amide bonds. The fourth-order valence-corrected chi connectivity index (χ4v) is 3.88. The molecule has 2 N–H and O–H groups in total. The van der Waals surface area contributed by atoms with Crippen LogP contribution in [0.2, 0.25) is 10.0 Å². The Balaban J connectivity index is 1.72. The number of aryl methyl sites for hydroxylation is 1. The number of carbonyl (C=O) groups excluding carboxylic acids is 1. The highest BCUT2D eigenvalue weighted by atomic mass is 35.5. The van der Waals surface area contributed by atoms with Gasteiger partial charge in [-0.2, -0.15) is 0 Å². The van der Waals surface area contributed by atoms with E-state index in [-0.39, 0.29) is 20.5 Å². The largest absolute Gasteiger partial charge is 0.322 e. The van der Waals surface area contributed by atoms with Crippen molar-refractivity contribution in [1.82, 2.24) is 0 Å². The van der Waals surface area contributed by atoms with Crippen molar-refractivity contribution in [2.45, 2.75) is 11.8 Å². The van der Waals surface area contributed by atoms with Gasteiger partial charge < -0.3 is 5.32 Å². The van der Waals surface area contributed by atoms with Crippen molar-refractivity contribution >= 4 is 50.5 Å². The van der Waals surface area contributed by atoms with Crippen LogP contribution in [0.3, 0.4) is 0 Å². The second-order valence-electron chi connectivity index (χ2n) is 6.05. The summed E-state index contributed by atoms with van der Waals surface area (Å²) in [6.45, 7) is 1.88. The quantitative estimate of drug-likeness (QED) is 0.567. The van der Waals surface area contributed by atoms with Gasteiger partial charge >= 0.3 is 0 Å². The average molecular weight is 435 g/mol. The lowest BCUT2D eigenvalue weighted by atomic mass is 10.2. The van der Waals surface area contributed by atoms with Crippen LogP contribution in [0.15, 0.2) is 71.6 Å². The summed E-state index contributed by atoms with van der Waals surface area (Å²) in [6, 6.07) is 17.6. The number of rotatable bonds is 5. The molecule has 0 radical (unpaired) electrons. The van der Waals surface area contributed by atoms with E-state index in [0.29, 0.717) is 11.4 Å². The summed E-state index contributed by atoms with van der Waals surface area (Å²) in [7, 11) is -3.69. The number of benzene rings is 3. The molecule has 0 fully saturated rings. The van der Waals surface area contributed by atoms with Gasteiger partial charge in [-0.05, 0) is 55.5 Å². The van der Waals surface area contributed by atoms with E-state index >= 15 is 0 Å². The Hall–Kier alpha value is -2.54.